The van der Waals surface area contributed by atoms with Crippen LogP contribution in [0.25, 0.3) is 5.65 Å². The molecule has 2 heterocycles. The number of nitrogens with zero attached hydrogens (tertiary/aromatic N) is 3. The SMILES string of the molecule is CC(C)(C)OC(=O)CC(NC(=O)Cc1ccc(O)c2ncnn12)C(=O)OC(C)(C)C. The lowest BCUT2D eigenvalue weighted by Gasteiger charge is -2.25. The molecular formula is C20H28N4O6. The maximum absolute atomic E-state index is 12.6. The number of carbonyl (C=O) groups excluding carboxylic acids is 3. The number of carbonyl (C=O) groups is 3. The predicted molar refractivity (Wildman–Crippen MR) is 107 cm³/mol. The van der Waals surface area contributed by atoms with Crippen molar-refractivity contribution in [3.8, 4) is 5.75 Å². The predicted octanol–water partition coefficient (Wildman–Crippen LogP) is 1.54. The Morgan fingerprint density at radius 1 is 1.10 bits per heavy atom. The molecule has 2 aromatic rings. The molecule has 2 N–H and O–H groups in total. The molecule has 0 aliphatic heterocycles. The van der Waals surface area contributed by atoms with Crippen LogP contribution in [-0.2, 0) is 30.3 Å². The van der Waals surface area contributed by atoms with Gasteiger partial charge in [-0.05, 0) is 53.7 Å². The van der Waals surface area contributed by atoms with Crippen molar-refractivity contribution in [2.24, 2.45) is 0 Å². The highest BCUT2D eigenvalue weighted by molar-refractivity contribution is 5.89. The zero-order chi connectivity index (χ0) is 22.7. The van der Waals surface area contributed by atoms with E-state index in [1.165, 1.54) is 23.0 Å². The third kappa shape index (κ3) is 6.71. The number of fused-ring (bicyclic) bond motifs is 1. The molecule has 1 atom stereocenters. The Labute approximate surface area is 174 Å². The van der Waals surface area contributed by atoms with Crippen molar-refractivity contribution in [2.45, 2.75) is 71.6 Å². The third-order valence-electron chi connectivity index (χ3n) is 3.64. The Balaban J connectivity index is 2.15. The highest BCUT2D eigenvalue weighted by atomic mass is 16.6. The number of pyridine rings is 1. The standard InChI is InChI=1S/C20H28N4O6/c1-19(2,3)29-16(27)10-13(18(28)30-20(4,5)6)23-15(26)9-12-7-8-14(25)17-21-11-22-24(12)17/h7-8,11,13,25H,9-10H2,1-6H3,(H,23,26). The van der Waals surface area contributed by atoms with E-state index in [1.807, 2.05) is 0 Å². The first-order chi connectivity index (χ1) is 13.7. The maximum atomic E-state index is 12.6. The molecule has 30 heavy (non-hydrogen) atoms. The zero-order valence-electron chi connectivity index (χ0n) is 18.1. The van der Waals surface area contributed by atoms with Gasteiger partial charge in [0, 0.05) is 0 Å². The van der Waals surface area contributed by atoms with Gasteiger partial charge in [0.1, 0.15) is 23.6 Å². The van der Waals surface area contributed by atoms with Crippen molar-refractivity contribution < 1.29 is 29.0 Å². The summed E-state index contributed by atoms with van der Waals surface area (Å²) in [5.41, 5.74) is -0.877. The number of hydrogen-bond acceptors (Lipinski definition) is 8. The Morgan fingerprint density at radius 2 is 1.73 bits per heavy atom. The van der Waals surface area contributed by atoms with Crippen LogP contribution < -0.4 is 5.32 Å². The molecule has 2 aromatic heterocycles. The molecule has 0 saturated carbocycles. The lowest BCUT2D eigenvalue weighted by atomic mass is 10.1. The summed E-state index contributed by atoms with van der Waals surface area (Å²) in [5.74, 6) is -1.98. The maximum Gasteiger partial charge on any atom is 0.329 e. The number of aromatic hydroxyl groups is 1. The van der Waals surface area contributed by atoms with E-state index < -0.39 is 35.1 Å². The Bertz CT molecular complexity index is 939. The van der Waals surface area contributed by atoms with E-state index in [2.05, 4.69) is 15.4 Å². The third-order valence-corrected chi connectivity index (χ3v) is 3.64. The molecule has 0 spiro atoms. The van der Waals surface area contributed by atoms with Crippen molar-refractivity contribution in [1.82, 2.24) is 19.9 Å². The number of rotatable bonds is 6. The van der Waals surface area contributed by atoms with Gasteiger partial charge in [0.05, 0.1) is 18.5 Å². The topological polar surface area (TPSA) is 132 Å². The second-order valence-corrected chi connectivity index (χ2v) is 8.83. The molecule has 10 heteroatoms. The average molecular weight is 420 g/mol. The number of hydrogen-bond donors (Lipinski definition) is 2. The fourth-order valence-electron chi connectivity index (χ4n) is 2.61. The van der Waals surface area contributed by atoms with E-state index in [4.69, 9.17) is 9.47 Å². The van der Waals surface area contributed by atoms with Gasteiger partial charge >= 0.3 is 11.9 Å². The van der Waals surface area contributed by atoms with Gasteiger partial charge in [-0.3, -0.25) is 9.59 Å². The summed E-state index contributed by atoms with van der Waals surface area (Å²) in [6.07, 6.45) is 0.725. The van der Waals surface area contributed by atoms with E-state index in [9.17, 15) is 19.5 Å². The minimum atomic E-state index is -1.21. The first-order valence-corrected chi connectivity index (χ1v) is 9.50. The summed E-state index contributed by atoms with van der Waals surface area (Å²) in [6, 6.07) is 1.71. The zero-order valence-corrected chi connectivity index (χ0v) is 18.1. The van der Waals surface area contributed by atoms with Crippen LogP contribution in [-0.4, -0.2) is 54.8 Å². The van der Waals surface area contributed by atoms with Crippen molar-refractivity contribution >= 4 is 23.5 Å². The van der Waals surface area contributed by atoms with Gasteiger partial charge in [-0.1, -0.05) is 0 Å². The van der Waals surface area contributed by atoms with Gasteiger partial charge in [0.15, 0.2) is 11.4 Å². The highest BCUT2D eigenvalue weighted by Gasteiger charge is 2.31. The lowest BCUT2D eigenvalue weighted by Crippen LogP contribution is -2.46. The molecule has 0 aliphatic carbocycles. The Hall–Kier alpha value is -3.17. The van der Waals surface area contributed by atoms with Gasteiger partial charge in [-0.25, -0.2) is 14.3 Å². The molecule has 0 radical (unpaired) electrons. The van der Waals surface area contributed by atoms with Gasteiger partial charge < -0.3 is 19.9 Å². The Morgan fingerprint density at radius 3 is 2.33 bits per heavy atom. The minimum Gasteiger partial charge on any atom is -0.504 e. The number of aromatic nitrogens is 3. The summed E-state index contributed by atoms with van der Waals surface area (Å²) in [6.45, 7) is 10.2. The first kappa shape index (κ1) is 23.1. The van der Waals surface area contributed by atoms with Crippen LogP contribution in [0.2, 0.25) is 0 Å². The van der Waals surface area contributed by atoms with Crippen LogP contribution in [0.3, 0.4) is 0 Å². The second-order valence-electron chi connectivity index (χ2n) is 8.83. The van der Waals surface area contributed by atoms with Crippen LogP contribution in [0.1, 0.15) is 53.7 Å². The van der Waals surface area contributed by atoms with Crippen molar-refractivity contribution in [2.75, 3.05) is 0 Å². The van der Waals surface area contributed by atoms with Gasteiger partial charge in [0.2, 0.25) is 5.91 Å². The molecule has 2 rings (SSSR count). The summed E-state index contributed by atoms with van der Waals surface area (Å²) < 4.78 is 11.9. The fourth-order valence-corrected chi connectivity index (χ4v) is 2.61. The molecule has 0 bridgehead atoms. The average Bonchev–Trinajstić information content (AvgIpc) is 3.04. The van der Waals surface area contributed by atoms with Crippen LogP contribution in [0.4, 0.5) is 0 Å². The van der Waals surface area contributed by atoms with Gasteiger partial charge in [-0.15, -0.1) is 0 Å². The first-order valence-electron chi connectivity index (χ1n) is 9.50. The fraction of sp³-hybridized carbons (Fsp3) is 0.550. The quantitative estimate of drug-likeness (QED) is 0.673. The molecule has 0 aliphatic rings. The number of esters is 2. The summed E-state index contributed by atoms with van der Waals surface area (Å²) in [4.78, 5) is 41.3. The Kier molecular flexibility index (Phi) is 6.69. The van der Waals surface area contributed by atoms with E-state index >= 15 is 0 Å². The van der Waals surface area contributed by atoms with E-state index in [0.717, 1.165) is 0 Å². The smallest absolute Gasteiger partial charge is 0.329 e. The molecule has 1 amide bonds. The monoisotopic (exact) mass is 420 g/mol. The molecule has 10 nitrogen and oxygen atoms in total. The summed E-state index contributed by atoms with van der Waals surface area (Å²) in [5, 5.41) is 16.3. The molecule has 0 fully saturated rings. The number of amides is 1. The molecule has 0 aromatic carbocycles. The van der Waals surface area contributed by atoms with Gasteiger partial charge in [0.25, 0.3) is 0 Å². The van der Waals surface area contributed by atoms with Crippen LogP contribution in [0, 0.1) is 0 Å². The largest absolute Gasteiger partial charge is 0.504 e. The van der Waals surface area contributed by atoms with Crippen molar-refractivity contribution in [1.29, 1.82) is 0 Å². The van der Waals surface area contributed by atoms with Crippen LogP contribution in [0.15, 0.2) is 18.5 Å². The van der Waals surface area contributed by atoms with E-state index in [0.29, 0.717) is 5.69 Å². The summed E-state index contributed by atoms with van der Waals surface area (Å²) in [7, 11) is 0. The number of ether oxygens (including phenoxy) is 2. The highest BCUT2D eigenvalue weighted by Crippen LogP contribution is 2.17. The molecule has 164 valence electrons. The summed E-state index contributed by atoms with van der Waals surface area (Å²) >= 11 is 0. The molecular weight excluding hydrogens is 392 g/mol. The molecule has 0 saturated heterocycles. The van der Waals surface area contributed by atoms with Crippen LogP contribution in [0.5, 0.6) is 5.75 Å². The normalized spacial score (nSPS) is 13.0. The van der Waals surface area contributed by atoms with E-state index in [1.54, 1.807) is 41.5 Å². The lowest BCUT2D eigenvalue weighted by molar-refractivity contribution is -0.165. The van der Waals surface area contributed by atoms with Crippen LogP contribution >= 0.6 is 0 Å². The second kappa shape index (κ2) is 8.68. The van der Waals surface area contributed by atoms with Crippen molar-refractivity contribution in [3.05, 3.63) is 24.2 Å². The van der Waals surface area contributed by atoms with Crippen molar-refractivity contribution in [3.63, 3.8) is 0 Å². The number of nitrogens with one attached hydrogen (secondary N) is 1. The minimum absolute atomic E-state index is 0.0757. The molecule has 1 unspecified atom stereocenters. The van der Waals surface area contributed by atoms with E-state index in [-0.39, 0.29) is 24.2 Å². The van der Waals surface area contributed by atoms with Gasteiger partial charge in [-0.2, -0.15) is 5.10 Å².